The second-order valence-electron chi connectivity index (χ2n) is 13.4. The highest BCUT2D eigenvalue weighted by molar-refractivity contribution is 5.94. The second kappa shape index (κ2) is 15.3. The van der Waals surface area contributed by atoms with Crippen LogP contribution in [0.5, 0.6) is 5.75 Å². The van der Waals surface area contributed by atoms with Gasteiger partial charge in [-0.25, -0.2) is 4.98 Å². The van der Waals surface area contributed by atoms with Gasteiger partial charge >= 0.3 is 0 Å². The van der Waals surface area contributed by atoms with Crippen molar-refractivity contribution < 1.29 is 9.53 Å². The predicted octanol–water partition coefficient (Wildman–Crippen LogP) is 6.69. The van der Waals surface area contributed by atoms with Crippen molar-refractivity contribution in [2.45, 2.75) is 127 Å². The number of nitrogens with one attached hydrogen (secondary N) is 2. The number of unbranched alkanes of at least 4 members (excludes halogenated alkanes) is 4. The molecule has 1 aliphatic heterocycles. The SMILES string of the molecule is CCCCCCCOc1ccc(C(=O)N2CCC(Nc3nc(NC4CCC(N)CC4)nc4c3ncn4C3CCCC3)CC2)cc1. The van der Waals surface area contributed by atoms with E-state index in [-0.39, 0.29) is 11.9 Å². The Morgan fingerprint density at radius 1 is 0.889 bits per heavy atom. The standard InChI is InChI=1S/C35H52N8O2/c1-2-3-4-5-8-23-45-30-17-11-25(12-18-30)34(44)42-21-19-28(20-22-42)38-32-31-33(43(24-37-31)29-9-6-7-10-29)41-35(40-32)39-27-15-13-26(36)14-16-27/h11-12,17-18,24,26-29H,2-10,13-16,19-23,36H2,1H3,(H2,38,39,40,41). The van der Waals surface area contributed by atoms with Crippen LogP contribution in [-0.4, -0.2) is 68.1 Å². The molecule has 0 bridgehead atoms. The summed E-state index contributed by atoms with van der Waals surface area (Å²) in [5.74, 6) is 2.37. The van der Waals surface area contributed by atoms with Crippen molar-refractivity contribution in [2.24, 2.45) is 5.73 Å². The number of nitrogens with zero attached hydrogens (tertiary/aromatic N) is 5. The van der Waals surface area contributed by atoms with Crippen LogP contribution in [0.1, 0.15) is 120 Å². The molecule has 0 unspecified atom stereocenters. The molecular weight excluding hydrogens is 564 g/mol. The summed E-state index contributed by atoms with van der Waals surface area (Å²) in [6.45, 7) is 4.35. The molecule has 244 valence electrons. The molecule has 6 rings (SSSR count). The molecule has 10 heteroatoms. The van der Waals surface area contributed by atoms with Crippen molar-refractivity contribution in [3.63, 3.8) is 0 Å². The van der Waals surface area contributed by atoms with E-state index >= 15 is 0 Å². The Labute approximate surface area is 267 Å². The summed E-state index contributed by atoms with van der Waals surface area (Å²) < 4.78 is 8.16. The normalized spacial score (nSPS) is 21.3. The number of imidazole rings is 1. The second-order valence-corrected chi connectivity index (χ2v) is 13.4. The Hall–Kier alpha value is -3.40. The van der Waals surface area contributed by atoms with Gasteiger partial charge in [0.2, 0.25) is 5.95 Å². The van der Waals surface area contributed by atoms with E-state index in [9.17, 15) is 4.79 Å². The van der Waals surface area contributed by atoms with Crippen molar-refractivity contribution in [1.29, 1.82) is 0 Å². The van der Waals surface area contributed by atoms with Gasteiger partial charge in [0, 0.05) is 42.8 Å². The smallest absolute Gasteiger partial charge is 0.253 e. The molecule has 1 amide bonds. The fourth-order valence-corrected chi connectivity index (χ4v) is 7.17. The number of carbonyl (C=O) groups excluding carboxylic acids is 1. The number of ether oxygens (including phenoxy) is 1. The summed E-state index contributed by atoms with van der Waals surface area (Å²) >= 11 is 0. The van der Waals surface area contributed by atoms with Crippen molar-refractivity contribution >= 4 is 28.8 Å². The van der Waals surface area contributed by atoms with Crippen LogP contribution in [-0.2, 0) is 0 Å². The van der Waals surface area contributed by atoms with Gasteiger partial charge < -0.3 is 30.6 Å². The molecule has 3 fully saturated rings. The zero-order valence-electron chi connectivity index (χ0n) is 27.1. The predicted molar refractivity (Wildman–Crippen MR) is 180 cm³/mol. The Morgan fingerprint density at radius 2 is 1.60 bits per heavy atom. The molecule has 1 saturated heterocycles. The molecule has 0 spiro atoms. The molecule has 4 N–H and O–H groups in total. The Kier molecular flexibility index (Phi) is 10.7. The van der Waals surface area contributed by atoms with Gasteiger partial charge in [0.05, 0.1) is 12.9 Å². The van der Waals surface area contributed by atoms with Gasteiger partial charge in [-0.15, -0.1) is 0 Å². The first-order valence-electron chi connectivity index (χ1n) is 17.6. The van der Waals surface area contributed by atoms with Crippen molar-refractivity contribution in [3.05, 3.63) is 36.2 Å². The minimum absolute atomic E-state index is 0.0815. The molecule has 2 aromatic heterocycles. The molecule has 45 heavy (non-hydrogen) atoms. The largest absolute Gasteiger partial charge is 0.494 e. The molecule has 3 aromatic rings. The zero-order valence-corrected chi connectivity index (χ0v) is 27.1. The Bertz CT molecular complexity index is 1370. The van der Waals surface area contributed by atoms with E-state index in [0.717, 1.165) is 74.3 Å². The number of nitrogens with two attached hydrogens (primary N) is 1. The average molecular weight is 617 g/mol. The number of likely N-dealkylation sites (tertiary alicyclic amines) is 1. The van der Waals surface area contributed by atoms with E-state index in [4.69, 9.17) is 25.4 Å². The van der Waals surface area contributed by atoms with Crippen LogP contribution >= 0.6 is 0 Å². The van der Waals surface area contributed by atoms with Crippen molar-refractivity contribution in [1.82, 2.24) is 24.4 Å². The monoisotopic (exact) mass is 616 g/mol. The third-order valence-electron chi connectivity index (χ3n) is 9.99. The molecule has 3 aliphatic rings. The van der Waals surface area contributed by atoms with Crippen LogP contribution in [0.15, 0.2) is 30.6 Å². The number of anilines is 2. The number of rotatable bonds is 13. The summed E-state index contributed by atoms with van der Waals surface area (Å²) in [4.78, 5) is 30.0. The molecule has 2 saturated carbocycles. The van der Waals surface area contributed by atoms with Gasteiger partial charge in [0.25, 0.3) is 5.91 Å². The number of benzene rings is 1. The molecule has 10 nitrogen and oxygen atoms in total. The van der Waals surface area contributed by atoms with Crippen LogP contribution in [0.4, 0.5) is 11.8 Å². The molecule has 1 aromatic carbocycles. The highest BCUT2D eigenvalue weighted by Crippen LogP contribution is 2.34. The first-order valence-corrected chi connectivity index (χ1v) is 17.6. The minimum atomic E-state index is 0.0815. The maximum atomic E-state index is 13.3. The first-order chi connectivity index (χ1) is 22.1. The summed E-state index contributed by atoms with van der Waals surface area (Å²) in [5.41, 5.74) is 8.61. The lowest BCUT2D eigenvalue weighted by Crippen LogP contribution is -2.42. The van der Waals surface area contributed by atoms with Gasteiger partial charge in [-0.3, -0.25) is 4.79 Å². The lowest BCUT2D eigenvalue weighted by atomic mass is 9.92. The summed E-state index contributed by atoms with van der Waals surface area (Å²) in [5, 5.41) is 7.34. The van der Waals surface area contributed by atoms with E-state index in [0.29, 0.717) is 42.7 Å². The summed E-state index contributed by atoms with van der Waals surface area (Å²) in [7, 11) is 0. The van der Waals surface area contributed by atoms with E-state index in [2.05, 4.69) is 22.1 Å². The number of piperidine rings is 1. The van der Waals surface area contributed by atoms with Crippen LogP contribution in [0.3, 0.4) is 0 Å². The highest BCUT2D eigenvalue weighted by atomic mass is 16.5. The fraction of sp³-hybridized carbons (Fsp3) is 0.657. The Balaban J connectivity index is 1.06. The van der Waals surface area contributed by atoms with Gasteiger partial charge in [-0.05, 0) is 82.1 Å². The summed E-state index contributed by atoms with van der Waals surface area (Å²) in [6.07, 6.45) is 18.7. The number of hydrogen-bond donors (Lipinski definition) is 3. The lowest BCUT2D eigenvalue weighted by Gasteiger charge is -2.33. The van der Waals surface area contributed by atoms with Gasteiger partial charge in [0.15, 0.2) is 17.0 Å². The van der Waals surface area contributed by atoms with Crippen LogP contribution in [0.25, 0.3) is 11.2 Å². The maximum absolute atomic E-state index is 13.3. The lowest BCUT2D eigenvalue weighted by molar-refractivity contribution is 0.0718. The topological polar surface area (TPSA) is 123 Å². The van der Waals surface area contributed by atoms with Crippen LogP contribution in [0.2, 0.25) is 0 Å². The van der Waals surface area contributed by atoms with E-state index in [1.54, 1.807) is 0 Å². The third kappa shape index (κ3) is 8.07. The quantitative estimate of drug-likeness (QED) is 0.182. The fourth-order valence-electron chi connectivity index (χ4n) is 7.17. The average Bonchev–Trinajstić information content (AvgIpc) is 3.75. The van der Waals surface area contributed by atoms with Gasteiger partial charge in [0.1, 0.15) is 5.75 Å². The van der Waals surface area contributed by atoms with Gasteiger partial charge in [-0.1, -0.05) is 45.4 Å². The van der Waals surface area contributed by atoms with Gasteiger partial charge in [-0.2, -0.15) is 9.97 Å². The van der Waals surface area contributed by atoms with E-state index in [1.165, 1.54) is 51.4 Å². The third-order valence-corrected chi connectivity index (χ3v) is 9.99. The Morgan fingerprint density at radius 3 is 2.33 bits per heavy atom. The molecule has 0 radical (unpaired) electrons. The number of amides is 1. The number of carbonyl (C=O) groups is 1. The van der Waals surface area contributed by atoms with E-state index in [1.807, 2.05) is 35.5 Å². The highest BCUT2D eigenvalue weighted by Gasteiger charge is 2.27. The molecule has 0 atom stereocenters. The minimum Gasteiger partial charge on any atom is -0.494 e. The van der Waals surface area contributed by atoms with Crippen molar-refractivity contribution in [2.75, 3.05) is 30.3 Å². The molecule has 2 aliphatic carbocycles. The zero-order chi connectivity index (χ0) is 31.0. The summed E-state index contributed by atoms with van der Waals surface area (Å²) in [6, 6.07) is 8.92. The van der Waals surface area contributed by atoms with Crippen LogP contribution in [0, 0.1) is 0 Å². The molecule has 3 heterocycles. The number of aromatic nitrogens is 4. The number of fused-ring (bicyclic) bond motifs is 1. The number of hydrogen-bond acceptors (Lipinski definition) is 8. The maximum Gasteiger partial charge on any atom is 0.253 e. The van der Waals surface area contributed by atoms with Crippen LogP contribution < -0.4 is 21.1 Å². The molecular formula is C35H52N8O2. The van der Waals surface area contributed by atoms with Crippen molar-refractivity contribution in [3.8, 4) is 5.75 Å². The van der Waals surface area contributed by atoms with E-state index < -0.39 is 0 Å². The first kappa shape index (κ1) is 31.6.